The van der Waals surface area contributed by atoms with Gasteiger partial charge in [-0.2, -0.15) is 0 Å². The maximum atomic E-state index is 14.6. The van der Waals surface area contributed by atoms with Crippen LogP contribution in [-0.2, 0) is 35.9 Å². The Morgan fingerprint density at radius 2 is 1.32 bits per heavy atom. The van der Waals surface area contributed by atoms with E-state index in [0.29, 0.717) is 61.5 Å². The Morgan fingerprint density at radius 3 is 1.96 bits per heavy atom. The van der Waals surface area contributed by atoms with E-state index in [1.807, 2.05) is 61.5 Å². The van der Waals surface area contributed by atoms with E-state index < -0.39 is 30.1 Å². The molecule has 0 aliphatic carbocycles. The number of carbonyl (C=O) groups excluding carboxylic acids is 1. The number of carboxylic acids is 1. The van der Waals surface area contributed by atoms with Gasteiger partial charge in [0.15, 0.2) is 23.1 Å². The number of halogens is 2. The van der Waals surface area contributed by atoms with Gasteiger partial charge >= 0.3 is 5.97 Å². The van der Waals surface area contributed by atoms with Crippen molar-refractivity contribution in [3.8, 4) is 56.8 Å². The monoisotopic (exact) mass is 946 g/mol. The number of hydrogen-bond acceptors (Lipinski definition) is 11. The largest absolute Gasteiger partial charge is 0.496 e. The molecule has 4 N–H and O–H groups in total. The van der Waals surface area contributed by atoms with Crippen LogP contribution < -0.4 is 39.1 Å². The van der Waals surface area contributed by atoms with Crippen LogP contribution >= 0.6 is 0 Å². The topological polar surface area (TPSA) is 154 Å². The quantitative estimate of drug-likeness (QED) is 0.0479. The van der Waals surface area contributed by atoms with Gasteiger partial charge in [0.05, 0.1) is 32.3 Å². The third-order valence-electron chi connectivity index (χ3n) is 11.6. The first-order chi connectivity index (χ1) is 33.3. The molecule has 0 bridgehead atoms. The Labute approximate surface area is 402 Å². The van der Waals surface area contributed by atoms with Crippen molar-refractivity contribution >= 4 is 11.8 Å². The van der Waals surface area contributed by atoms with Gasteiger partial charge in [-0.15, -0.1) is 0 Å². The van der Waals surface area contributed by atoms with Crippen LogP contribution in [0.15, 0.2) is 109 Å². The molecule has 1 atom stereocenters. The van der Waals surface area contributed by atoms with Gasteiger partial charge in [0.25, 0.3) is 0 Å². The van der Waals surface area contributed by atoms with Crippen LogP contribution in [-0.4, -0.2) is 68.6 Å². The number of aliphatic carboxylic acids is 1. The molecule has 1 aliphatic heterocycles. The molecule has 0 radical (unpaired) electrons. The summed E-state index contributed by atoms with van der Waals surface area (Å²) in [4.78, 5) is 21.7. The number of benzene rings is 6. The minimum absolute atomic E-state index is 0.0409. The first-order valence-corrected chi connectivity index (χ1v) is 22.8. The SMILES string of the molecule is COc1cc(OCc2cccc(-c3ccccc3)c2C)cc(OC)c1CNCCCC(C)=O.Cc1c(COc2cc(F)c(CNC[C@@H](O)CC(=O)O)cc2F)cccc1-c1ccc2c(c1)OCCO2. The van der Waals surface area contributed by atoms with Crippen LogP contribution in [0.4, 0.5) is 8.78 Å². The van der Waals surface area contributed by atoms with Crippen LogP contribution in [0.3, 0.4) is 0 Å². The Balaban J connectivity index is 0.000000228. The van der Waals surface area contributed by atoms with Crippen molar-refractivity contribution in [2.75, 3.05) is 40.5 Å². The summed E-state index contributed by atoms with van der Waals surface area (Å²) < 4.78 is 63.4. The highest BCUT2D eigenvalue weighted by Gasteiger charge is 2.18. The van der Waals surface area contributed by atoms with Gasteiger partial charge in [-0.05, 0) is 96.4 Å². The summed E-state index contributed by atoms with van der Waals surface area (Å²) in [6, 6.07) is 33.9. The van der Waals surface area contributed by atoms with Crippen molar-refractivity contribution in [3.05, 3.63) is 154 Å². The van der Waals surface area contributed by atoms with Gasteiger partial charge in [0.1, 0.15) is 55.3 Å². The van der Waals surface area contributed by atoms with Gasteiger partial charge in [0, 0.05) is 49.8 Å². The molecule has 1 aliphatic rings. The number of carboxylic acid groups (broad SMARTS) is 1. The van der Waals surface area contributed by atoms with Gasteiger partial charge < -0.3 is 54.1 Å². The standard InChI is InChI=1S/C28H33NO4.C27H27F2NO6/c1-20(30)10-9-15-29-18-26-27(31-3)16-24(17-28(26)32-4)33-19-23-13-8-14-25(21(23)2)22-11-6-5-7-12-22;1-16-18(3-2-4-21(16)17-5-6-24-26(10-17)35-8-7-34-24)15-36-25-12-22(28)19(9-23(25)29)13-30-14-20(31)11-27(32)33/h5-8,11-14,16-17,29H,9-10,15,18-19H2,1-4H3;2-6,9-10,12,20,30-31H,7-8,11,13-15H2,1H3,(H,32,33)/t;20-/m.0/s1. The highest BCUT2D eigenvalue weighted by molar-refractivity contribution is 5.75. The fourth-order valence-corrected chi connectivity index (χ4v) is 7.81. The summed E-state index contributed by atoms with van der Waals surface area (Å²) >= 11 is 0. The van der Waals surface area contributed by atoms with Gasteiger partial charge in [0.2, 0.25) is 0 Å². The summed E-state index contributed by atoms with van der Waals surface area (Å²) in [5, 5.41) is 24.3. The third-order valence-corrected chi connectivity index (χ3v) is 11.6. The second-order valence-corrected chi connectivity index (χ2v) is 16.5. The fraction of sp³-hybridized carbons (Fsp3) is 0.309. The number of aliphatic hydroxyl groups is 1. The van der Waals surface area contributed by atoms with Crippen LogP contribution in [0.25, 0.3) is 22.3 Å². The summed E-state index contributed by atoms with van der Waals surface area (Å²) in [5.74, 6) is 0.940. The predicted octanol–water partition coefficient (Wildman–Crippen LogP) is 9.93. The Morgan fingerprint density at radius 1 is 0.681 bits per heavy atom. The molecule has 0 spiro atoms. The maximum absolute atomic E-state index is 14.6. The van der Waals surface area contributed by atoms with E-state index in [1.54, 1.807) is 21.1 Å². The first-order valence-electron chi connectivity index (χ1n) is 22.8. The zero-order valence-electron chi connectivity index (χ0n) is 39.7. The number of ether oxygens (including phenoxy) is 6. The van der Waals surface area contributed by atoms with Crippen LogP contribution in [0.2, 0.25) is 0 Å². The van der Waals surface area contributed by atoms with E-state index in [4.69, 9.17) is 33.5 Å². The molecule has 0 unspecified atom stereocenters. The van der Waals surface area contributed by atoms with Crippen LogP contribution in [0, 0.1) is 25.5 Å². The molecule has 0 saturated carbocycles. The maximum Gasteiger partial charge on any atom is 0.306 e. The second kappa shape index (κ2) is 25.4. The highest BCUT2D eigenvalue weighted by atomic mass is 19.1. The molecule has 6 aromatic rings. The average Bonchev–Trinajstić information content (AvgIpc) is 3.34. The lowest BCUT2D eigenvalue weighted by molar-refractivity contribution is -0.139. The number of rotatable bonds is 22. The van der Waals surface area contributed by atoms with Crippen LogP contribution in [0.1, 0.15) is 59.6 Å². The number of aliphatic hydroxyl groups excluding tert-OH is 1. The number of fused-ring (bicyclic) bond motifs is 1. The van der Waals surface area contributed by atoms with E-state index in [0.717, 1.165) is 58.5 Å². The van der Waals surface area contributed by atoms with Gasteiger partial charge in [-0.1, -0.05) is 72.8 Å². The predicted molar refractivity (Wildman–Crippen MR) is 260 cm³/mol. The summed E-state index contributed by atoms with van der Waals surface area (Å²) in [7, 11) is 3.29. The number of methoxy groups -OCH3 is 2. The average molecular weight is 947 g/mol. The molecule has 7 rings (SSSR count). The van der Waals surface area contributed by atoms with Crippen LogP contribution in [0.5, 0.6) is 34.5 Å². The van der Waals surface area contributed by atoms with Gasteiger partial charge in [-0.3, -0.25) is 4.79 Å². The first kappa shape index (κ1) is 51.4. The Hall–Kier alpha value is -7.00. The molecule has 6 aromatic carbocycles. The molecule has 0 aromatic heterocycles. The molecular formula is C55H60F2N2O10. The number of hydrogen-bond donors (Lipinski definition) is 4. The lowest BCUT2D eigenvalue weighted by atomic mass is 9.96. The Kier molecular flexibility index (Phi) is 18.9. The van der Waals surface area contributed by atoms with Crippen molar-refractivity contribution in [3.63, 3.8) is 0 Å². The van der Waals surface area contributed by atoms with E-state index in [9.17, 15) is 23.5 Å². The van der Waals surface area contributed by atoms with Crippen molar-refractivity contribution in [1.29, 1.82) is 0 Å². The number of ketones is 1. The van der Waals surface area contributed by atoms with Crippen molar-refractivity contribution in [2.24, 2.45) is 0 Å². The molecule has 0 fully saturated rings. The summed E-state index contributed by atoms with van der Waals surface area (Å²) in [6.07, 6.45) is -0.174. The molecule has 364 valence electrons. The van der Waals surface area contributed by atoms with E-state index >= 15 is 0 Å². The lowest BCUT2D eigenvalue weighted by Gasteiger charge is -2.20. The molecule has 1 heterocycles. The number of nitrogens with one attached hydrogen (secondary N) is 2. The fourth-order valence-electron chi connectivity index (χ4n) is 7.81. The van der Waals surface area contributed by atoms with Crippen molar-refractivity contribution < 1.29 is 57.0 Å². The second-order valence-electron chi connectivity index (χ2n) is 16.5. The van der Waals surface area contributed by atoms with Gasteiger partial charge in [-0.25, -0.2) is 8.78 Å². The minimum atomic E-state index is -1.14. The van der Waals surface area contributed by atoms with Crippen molar-refractivity contribution in [1.82, 2.24) is 10.6 Å². The Bertz CT molecular complexity index is 2650. The van der Waals surface area contributed by atoms with Crippen molar-refractivity contribution in [2.45, 2.75) is 72.4 Å². The normalized spacial score (nSPS) is 12.1. The molecular weight excluding hydrogens is 887 g/mol. The smallest absolute Gasteiger partial charge is 0.306 e. The lowest BCUT2D eigenvalue weighted by Crippen LogP contribution is -2.28. The number of carbonyl (C=O) groups is 2. The zero-order chi connectivity index (χ0) is 49.3. The summed E-state index contributed by atoms with van der Waals surface area (Å²) in [5.41, 5.74) is 9.37. The molecule has 14 heteroatoms. The molecule has 0 saturated heterocycles. The molecule has 69 heavy (non-hydrogen) atoms. The number of Topliss-reactive ketones (excluding diaryl/α,β-unsaturated/α-hetero) is 1. The van der Waals surface area contributed by atoms with E-state index in [2.05, 4.69) is 60.0 Å². The minimum Gasteiger partial charge on any atom is -0.496 e. The third kappa shape index (κ3) is 14.5. The highest BCUT2D eigenvalue weighted by Crippen LogP contribution is 2.37. The van der Waals surface area contributed by atoms with E-state index in [-0.39, 0.29) is 36.8 Å². The van der Waals surface area contributed by atoms with E-state index in [1.165, 1.54) is 16.7 Å². The zero-order valence-corrected chi connectivity index (χ0v) is 39.7. The molecule has 12 nitrogen and oxygen atoms in total. The summed E-state index contributed by atoms with van der Waals surface area (Å²) in [6.45, 7) is 8.38. The molecule has 0 amide bonds.